The summed E-state index contributed by atoms with van der Waals surface area (Å²) in [5.41, 5.74) is 0. The molecule has 3 N–H and O–H groups in total. The molecule has 0 aliphatic carbocycles. The molecule has 20 heavy (non-hydrogen) atoms. The zero-order valence-electron chi connectivity index (χ0n) is 12.2. The number of amides is 2. The molecule has 0 radical (unpaired) electrons. The van der Waals surface area contributed by atoms with Crippen molar-refractivity contribution < 1.29 is 19.4 Å². The zero-order valence-corrected chi connectivity index (χ0v) is 12.2. The van der Waals surface area contributed by atoms with Gasteiger partial charge in [0.05, 0.1) is 0 Å². The Balaban J connectivity index is 2.31. The summed E-state index contributed by atoms with van der Waals surface area (Å²) in [6.07, 6.45) is 3.67. The van der Waals surface area contributed by atoms with Crippen LogP contribution in [0.15, 0.2) is 0 Å². The number of nitrogens with zero attached hydrogens (tertiary/aromatic N) is 1. The van der Waals surface area contributed by atoms with Crippen LogP contribution in [-0.2, 0) is 9.53 Å². The third-order valence-electron chi connectivity index (χ3n) is 3.63. The summed E-state index contributed by atoms with van der Waals surface area (Å²) < 4.78 is 4.83. The van der Waals surface area contributed by atoms with E-state index in [0.29, 0.717) is 19.2 Å². The lowest BCUT2D eigenvalue weighted by atomic mass is 10.0. The molecule has 1 aliphatic heterocycles. The van der Waals surface area contributed by atoms with Crippen LogP contribution in [0.25, 0.3) is 0 Å². The lowest BCUT2D eigenvalue weighted by Crippen LogP contribution is -2.50. The second kappa shape index (κ2) is 8.76. The Hall–Kier alpha value is -1.34. The first-order chi connectivity index (χ1) is 9.54. The molecule has 2 atom stereocenters. The number of aliphatic carboxylic acids is 1. The lowest BCUT2D eigenvalue weighted by Gasteiger charge is -2.32. The highest BCUT2D eigenvalue weighted by atomic mass is 16.5. The minimum absolute atomic E-state index is 0.253. The van der Waals surface area contributed by atoms with E-state index < -0.39 is 18.0 Å². The van der Waals surface area contributed by atoms with Crippen LogP contribution < -0.4 is 10.6 Å². The summed E-state index contributed by atoms with van der Waals surface area (Å²) in [5, 5.41) is 14.2. The molecule has 1 aliphatic rings. The third kappa shape index (κ3) is 5.75. The highest BCUT2D eigenvalue weighted by molar-refractivity contribution is 5.82. The summed E-state index contributed by atoms with van der Waals surface area (Å²) in [6, 6.07) is -1.02. The van der Waals surface area contributed by atoms with Crippen molar-refractivity contribution in [2.75, 3.05) is 33.9 Å². The summed E-state index contributed by atoms with van der Waals surface area (Å²) in [7, 11) is 3.54. The van der Waals surface area contributed by atoms with E-state index in [9.17, 15) is 9.59 Å². The van der Waals surface area contributed by atoms with Crippen LogP contribution in [-0.4, -0.2) is 67.9 Å². The maximum Gasteiger partial charge on any atom is 0.326 e. The molecule has 1 saturated heterocycles. The van der Waals surface area contributed by atoms with Crippen molar-refractivity contribution in [1.29, 1.82) is 0 Å². The van der Waals surface area contributed by atoms with Crippen molar-refractivity contribution in [2.24, 2.45) is 0 Å². The number of rotatable bonds is 7. The highest BCUT2D eigenvalue weighted by Gasteiger charge is 2.22. The fourth-order valence-corrected chi connectivity index (χ4v) is 2.31. The Bertz CT molecular complexity index is 325. The normalized spacial score (nSPS) is 21.2. The maximum atomic E-state index is 11.7. The molecule has 7 heteroatoms. The summed E-state index contributed by atoms with van der Waals surface area (Å²) in [5.74, 6) is -1.05. The van der Waals surface area contributed by atoms with Crippen LogP contribution in [0.4, 0.5) is 4.79 Å². The van der Waals surface area contributed by atoms with Gasteiger partial charge in [-0.1, -0.05) is 6.42 Å². The largest absolute Gasteiger partial charge is 0.480 e. The molecule has 1 fully saturated rings. The SMILES string of the molecule is COCCC(NC(=O)NCC1CCCCN1C)C(=O)O. The number of hydrogen-bond donors (Lipinski definition) is 3. The van der Waals surface area contributed by atoms with E-state index in [1.54, 1.807) is 0 Å². The molecule has 1 heterocycles. The Morgan fingerprint density at radius 2 is 2.20 bits per heavy atom. The third-order valence-corrected chi connectivity index (χ3v) is 3.63. The minimum Gasteiger partial charge on any atom is -0.480 e. The number of carboxylic acid groups (broad SMARTS) is 1. The van der Waals surface area contributed by atoms with Crippen LogP contribution >= 0.6 is 0 Å². The second-order valence-corrected chi connectivity index (χ2v) is 5.16. The van der Waals surface area contributed by atoms with Gasteiger partial charge in [-0.2, -0.15) is 0 Å². The molecule has 2 amide bonds. The van der Waals surface area contributed by atoms with Gasteiger partial charge in [0.2, 0.25) is 0 Å². The number of carbonyl (C=O) groups is 2. The molecule has 2 unspecified atom stereocenters. The van der Waals surface area contributed by atoms with E-state index in [2.05, 4.69) is 15.5 Å². The molecule has 0 bridgehead atoms. The van der Waals surface area contributed by atoms with Crippen molar-refractivity contribution in [3.05, 3.63) is 0 Å². The van der Waals surface area contributed by atoms with E-state index in [1.807, 2.05) is 7.05 Å². The first-order valence-electron chi connectivity index (χ1n) is 7.01. The van der Waals surface area contributed by atoms with E-state index in [-0.39, 0.29) is 6.42 Å². The van der Waals surface area contributed by atoms with Gasteiger partial charge in [-0.15, -0.1) is 0 Å². The monoisotopic (exact) mass is 287 g/mol. The molecule has 0 aromatic carbocycles. The van der Waals surface area contributed by atoms with Crippen molar-refractivity contribution in [2.45, 2.75) is 37.8 Å². The standard InChI is InChI=1S/C13H25N3O4/c1-16-7-4-3-5-10(16)9-14-13(19)15-11(12(17)18)6-8-20-2/h10-11H,3-9H2,1-2H3,(H,17,18)(H2,14,15,19). The molecule has 0 aromatic heterocycles. The zero-order chi connectivity index (χ0) is 15.0. The van der Waals surface area contributed by atoms with Gasteiger partial charge in [0.25, 0.3) is 0 Å². The molecule has 7 nitrogen and oxygen atoms in total. The van der Waals surface area contributed by atoms with Gasteiger partial charge in [0.15, 0.2) is 0 Å². The first-order valence-corrected chi connectivity index (χ1v) is 7.01. The molecule has 1 rings (SSSR count). The first kappa shape index (κ1) is 16.7. The Labute approximate surface area is 119 Å². The van der Waals surface area contributed by atoms with E-state index in [4.69, 9.17) is 9.84 Å². The quantitative estimate of drug-likeness (QED) is 0.625. The number of methoxy groups -OCH3 is 1. The van der Waals surface area contributed by atoms with Crippen molar-refractivity contribution in [3.8, 4) is 0 Å². The van der Waals surface area contributed by atoms with E-state index >= 15 is 0 Å². The fraction of sp³-hybridized carbons (Fsp3) is 0.846. The predicted molar refractivity (Wildman–Crippen MR) is 74.7 cm³/mol. The van der Waals surface area contributed by atoms with Gasteiger partial charge in [0.1, 0.15) is 6.04 Å². The Morgan fingerprint density at radius 1 is 1.45 bits per heavy atom. The fourth-order valence-electron chi connectivity index (χ4n) is 2.31. The maximum absolute atomic E-state index is 11.7. The summed E-state index contributed by atoms with van der Waals surface area (Å²) >= 11 is 0. The van der Waals surface area contributed by atoms with Gasteiger partial charge >= 0.3 is 12.0 Å². The van der Waals surface area contributed by atoms with Crippen LogP contribution in [0.3, 0.4) is 0 Å². The number of likely N-dealkylation sites (N-methyl/N-ethyl adjacent to an activating group) is 1. The topological polar surface area (TPSA) is 90.9 Å². The van der Waals surface area contributed by atoms with Crippen LogP contribution in [0.2, 0.25) is 0 Å². The predicted octanol–water partition coefficient (Wildman–Crippen LogP) is 0.260. The molecular formula is C13H25N3O4. The average molecular weight is 287 g/mol. The number of piperidine rings is 1. The van der Waals surface area contributed by atoms with Gasteiger partial charge in [-0.25, -0.2) is 9.59 Å². The highest BCUT2D eigenvalue weighted by Crippen LogP contribution is 2.13. The number of nitrogens with one attached hydrogen (secondary N) is 2. The molecular weight excluding hydrogens is 262 g/mol. The number of hydrogen-bond acceptors (Lipinski definition) is 4. The number of urea groups is 1. The van der Waals surface area contributed by atoms with Crippen LogP contribution in [0, 0.1) is 0 Å². The Morgan fingerprint density at radius 3 is 2.80 bits per heavy atom. The van der Waals surface area contributed by atoms with Crippen molar-refractivity contribution >= 4 is 12.0 Å². The number of likely N-dealkylation sites (tertiary alicyclic amines) is 1. The molecule has 0 saturated carbocycles. The van der Waals surface area contributed by atoms with Gasteiger partial charge in [-0.05, 0) is 26.4 Å². The smallest absolute Gasteiger partial charge is 0.326 e. The molecule has 0 aromatic rings. The van der Waals surface area contributed by atoms with Gasteiger partial charge < -0.3 is 25.4 Å². The van der Waals surface area contributed by atoms with E-state index in [0.717, 1.165) is 13.0 Å². The van der Waals surface area contributed by atoms with Crippen LogP contribution in [0.1, 0.15) is 25.7 Å². The summed E-state index contributed by atoms with van der Waals surface area (Å²) in [4.78, 5) is 24.9. The molecule has 116 valence electrons. The average Bonchev–Trinajstić information content (AvgIpc) is 2.42. The van der Waals surface area contributed by atoms with Crippen molar-refractivity contribution in [1.82, 2.24) is 15.5 Å². The van der Waals surface area contributed by atoms with Crippen molar-refractivity contribution in [3.63, 3.8) is 0 Å². The van der Waals surface area contributed by atoms with Gasteiger partial charge in [0, 0.05) is 32.7 Å². The van der Waals surface area contributed by atoms with E-state index in [1.165, 1.54) is 20.0 Å². The number of ether oxygens (including phenoxy) is 1. The van der Waals surface area contributed by atoms with Gasteiger partial charge in [-0.3, -0.25) is 0 Å². The molecule has 0 spiro atoms. The number of carbonyl (C=O) groups excluding carboxylic acids is 1. The second-order valence-electron chi connectivity index (χ2n) is 5.16. The number of carboxylic acids is 1. The lowest BCUT2D eigenvalue weighted by molar-refractivity contribution is -0.139. The summed E-state index contributed by atoms with van der Waals surface area (Å²) in [6.45, 7) is 1.88. The Kier molecular flexibility index (Phi) is 7.32. The minimum atomic E-state index is -1.05. The van der Waals surface area contributed by atoms with Crippen LogP contribution in [0.5, 0.6) is 0 Å².